The van der Waals surface area contributed by atoms with Crippen LogP contribution in [0.3, 0.4) is 0 Å². The van der Waals surface area contributed by atoms with Crippen molar-refractivity contribution in [3.05, 3.63) is 20.8 Å². The van der Waals surface area contributed by atoms with Crippen LogP contribution in [0.4, 0.5) is 0 Å². The second-order valence-electron chi connectivity index (χ2n) is 4.43. The van der Waals surface area contributed by atoms with Crippen molar-refractivity contribution in [2.24, 2.45) is 0 Å². The van der Waals surface area contributed by atoms with Crippen LogP contribution in [0.15, 0.2) is 15.9 Å². The van der Waals surface area contributed by atoms with Crippen LogP contribution >= 0.6 is 27.3 Å². The number of hydrogen-bond acceptors (Lipinski definition) is 3. The van der Waals surface area contributed by atoms with Gasteiger partial charge in [0.05, 0.1) is 3.79 Å². The molecule has 0 amide bonds. The van der Waals surface area contributed by atoms with Gasteiger partial charge >= 0.3 is 0 Å². The van der Waals surface area contributed by atoms with Gasteiger partial charge in [0.1, 0.15) is 0 Å². The maximum Gasteiger partial charge on any atom is 0.0701 e. The molecule has 0 aromatic carbocycles. The van der Waals surface area contributed by atoms with E-state index in [2.05, 4.69) is 45.2 Å². The van der Waals surface area contributed by atoms with Crippen molar-refractivity contribution in [2.75, 3.05) is 19.6 Å². The molecule has 0 radical (unpaired) electrons. The predicted molar refractivity (Wildman–Crippen MR) is 74.0 cm³/mol. The topological polar surface area (TPSA) is 15.3 Å². The molecule has 90 valence electrons. The van der Waals surface area contributed by atoms with Crippen LogP contribution in [0, 0.1) is 0 Å². The van der Waals surface area contributed by atoms with E-state index in [1.54, 1.807) is 0 Å². The summed E-state index contributed by atoms with van der Waals surface area (Å²) in [6.07, 6.45) is 2.75. The number of nitrogens with one attached hydrogen (secondary N) is 1. The first kappa shape index (κ1) is 12.6. The molecule has 2 nitrogen and oxygen atoms in total. The molecule has 0 bridgehead atoms. The quantitative estimate of drug-likeness (QED) is 0.899. The molecule has 1 aliphatic rings. The van der Waals surface area contributed by atoms with Gasteiger partial charge in [0.25, 0.3) is 0 Å². The van der Waals surface area contributed by atoms with E-state index in [-0.39, 0.29) is 0 Å². The molecular weight excluding hydrogens is 284 g/mol. The van der Waals surface area contributed by atoms with Crippen LogP contribution in [0.5, 0.6) is 0 Å². The lowest BCUT2D eigenvalue weighted by Crippen LogP contribution is -2.38. The molecule has 2 heterocycles. The second-order valence-corrected chi connectivity index (χ2v) is 6.98. The number of hydrogen-bond donors (Lipinski definition) is 1. The Bertz CT molecular complexity index is 321. The van der Waals surface area contributed by atoms with Gasteiger partial charge in [-0.05, 0) is 60.9 Å². The van der Waals surface area contributed by atoms with Crippen molar-refractivity contribution < 1.29 is 0 Å². The minimum Gasteiger partial charge on any atom is -0.310 e. The van der Waals surface area contributed by atoms with Crippen molar-refractivity contribution in [1.29, 1.82) is 0 Å². The molecule has 1 saturated heterocycles. The number of thiophene rings is 1. The summed E-state index contributed by atoms with van der Waals surface area (Å²) in [7, 11) is 0. The van der Waals surface area contributed by atoms with Gasteiger partial charge in [-0.3, -0.25) is 4.90 Å². The average molecular weight is 303 g/mol. The Morgan fingerprint density at radius 2 is 2.19 bits per heavy atom. The Kier molecular flexibility index (Phi) is 4.82. The van der Waals surface area contributed by atoms with Gasteiger partial charge in [-0.15, -0.1) is 11.3 Å². The molecule has 0 aliphatic carbocycles. The van der Waals surface area contributed by atoms with Gasteiger partial charge in [0.15, 0.2) is 0 Å². The lowest BCUT2D eigenvalue weighted by Gasteiger charge is -2.23. The normalized spacial score (nSPS) is 19.1. The van der Waals surface area contributed by atoms with Crippen molar-refractivity contribution in [3.63, 3.8) is 0 Å². The molecule has 0 spiro atoms. The van der Waals surface area contributed by atoms with Crippen LogP contribution < -0.4 is 5.32 Å². The third kappa shape index (κ3) is 3.55. The van der Waals surface area contributed by atoms with E-state index in [0.717, 1.165) is 13.1 Å². The Morgan fingerprint density at radius 1 is 1.44 bits per heavy atom. The number of rotatable bonds is 5. The van der Waals surface area contributed by atoms with E-state index in [1.165, 1.54) is 34.6 Å². The average Bonchev–Trinajstić information content (AvgIpc) is 2.89. The van der Waals surface area contributed by atoms with Crippen molar-refractivity contribution in [2.45, 2.75) is 32.4 Å². The molecule has 16 heavy (non-hydrogen) atoms. The molecule has 1 unspecified atom stereocenters. The lowest BCUT2D eigenvalue weighted by atomic mass is 10.3. The fourth-order valence-corrected chi connectivity index (χ4v) is 3.62. The minimum absolute atomic E-state index is 0.672. The second kappa shape index (κ2) is 6.15. The van der Waals surface area contributed by atoms with E-state index >= 15 is 0 Å². The zero-order valence-electron chi connectivity index (χ0n) is 9.71. The Morgan fingerprint density at radius 3 is 2.81 bits per heavy atom. The third-order valence-electron chi connectivity index (χ3n) is 3.13. The monoisotopic (exact) mass is 302 g/mol. The van der Waals surface area contributed by atoms with Gasteiger partial charge in [-0.1, -0.05) is 0 Å². The zero-order chi connectivity index (χ0) is 11.4. The molecule has 1 fully saturated rings. The van der Waals surface area contributed by atoms with Crippen LogP contribution in [0.2, 0.25) is 0 Å². The molecule has 1 aliphatic heterocycles. The summed E-state index contributed by atoms with van der Waals surface area (Å²) in [4.78, 5) is 3.98. The molecule has 1 aromatic rings. The third-order valence-corrected chi connectivity index (χ3v) is 4.76. The highest BCUT2D eigenvalue weighted by Crippen LogP contribution is 2.21. The molecule has 1 N–H and O–H groups in total. The van der Waals surface area contributed by atoms with Gasteiger partial charge in [0, 0.05) is 24.0 Å². The summed E-state index contributed by atoms with van der Waals surface area (Å²) in [5.74, 6) is 0. The van der Waals surface area contributed by atoms with Crippen LogP contribution in [0.1, 0.15) is 24.6 Å². The zero-order valence-corrected chi connectivity index (χ0v) is 12.1. The van der Waals surface area contributed by atoms with E-state index in [4.69, 9.17) is 0 Å². The van der Waals surface area contributed by atoms with E-state index in [1.807, 2.05) is 11.3 Å². The Balaban J connectivity index is 1.67. The highest BCUT2D eigenvalue weighted by atomic mass is 79.9. The minimum atomic E-state index is 0.672. The first-order chi connectivity index (χ1) is 7.75. The molecule has 1 aromatic heterocycles. The fourth-order valence-electron chi connectivity index (χ4n) is 2.16. The standard InChI is InChI=1S/C12H19BrN2S/c1-10(15-6-2-3-7-15)8-14-9-11-4-5-12(13)16-11/h4-5,10,14H,2-3,6-9H2,1H3. The van der Waals surface area contributed by atoms with Gasteiger partial charge in [0.2, 0.25) is 0 Å². The smallest absolute Gasteiger partial charge is 0.0701 e. The van der Waals surface area contributed by atoms with Gasteiger partial charge in [-0.2, -0.15) is 0 Å². The van der Waals surface area contributed by atoms with E-state index in [0.29, 0.717) is 6.04 Å². The summed E-state index contributed by atoms with van der Waals surface area (Å²) < 4.78 is 1.22. The largest absolute Gasteiger partial charge is 0.310 e. The van der Waals surface area contributed by atoms with E-state index < -0.39 is 0 Å². The van der Waals surface area contributed by atoms with Crippen LogP contribution in [0.25, 0.3) is 0 Å². The summed E-state index contributed by atoms with van der Waals surface area (Å²) in [6.45, 7) is 6.98. The lowest BCUT2D eigenvalue weighted by molar-refractivity contribution is 0.252. The summed E-state index contributed by atoms with van der Waals surface area (Å²) >= 11 is 5.30. The maximum atomic E-state index is 3.54. The molecule has 0 saturated carbocycles. The number of likely N-dealkylation sites (tertiary alicyclic amines) is 1. The summed E-state index contributed by atoms with van der Waals surface area (Å²) in [6, 6.07) is 4.97. The molecule has 4 heteroatoms. The SMILES string of the molecule is CC(CNCc1ccc(Br)s1)N1CCCC1. The van der Waals surface area contributed by atoms with E-state index in [9.17, 15) is 0 Å². The fraction of sp³-hybridized carbons (Fsp3) is 0.667. The van der Waals surface area contributed by atoms with Gasteiger partial charge < -0.3 is 5.32 Å². The summed E-state index contributed by atoms with van der Waals surface area (Å²) in [5, 5.41) is 3.54. The van der Waals surface area contributed by atoms with Crippen molar-refractivity contribution >= 4 is 27.3 Å². The maximum absolute atomic E-state index is 3.54. The van der Waals surface area contributed by atoms with Crippen LogP contribution in [-0.4, -0.2) is 30.6 Å². The van der Waals surface area contributed by atoms with Crippen LogP contribution in [-0.2, 0) is 6.54 Å². The highest BCUT2D eigenvalue weighted by Gasteiger charge is 2.17. The predicted octanol–water partition coefficient (Wildman–Crippen LogP) is 3.08. The van der Waals surface area contributed by atoms with Gasteiger partial charge in [-0.25, -0.2) is 0 Å². The molecular formula is C12H19BrN2S. The highest BCUT2D eigenvalue weighted by molar-refractivity contribution is 9.11. The number of nitrogens with zero attached hydrogens (tertiary/aromatic N) is 1. The first-order valence-corrected chi connectivity index (χ1v) is 7.55. The van der Waals surface area contributed by atoms with Crippen molar-refractivity contribution in [1.82, 2.24) is 10.2 Å². The summed E-state index contributed by atoms with van der Waals surface area (Å²) in [5.41, 5.74) is 0. The number of halogens is 1. The first-order valence-electron chi connectivity index (χ1n) is 5.94. The Labute approximate surface area is 110 Å². The molecule has 1 atom stereocenters. The van der Waals surface area contributed by atoms with Crippen molar-refractivity contribution in [3.8, 4) is 0 Å². The Hall–Kier alpha value is 0.1000. The molecule has 2 rings (SSSR count).